The van der Waals surface area contributed by atoms with Crippen molar-refractivity contribution in [3.8, 4) is 17.2 Å². The fraction of sp³-hybridized carbons (Fsp3) is 0.457. The van der Waals surface area contributed by atoms with Crippen LogP contribution in [-0.4, -0.2) is 60.5 Å². The number of carbonyl (C=O) groups is 2. The SMILES string of the molecule is CCOC(=O)C1=C/C(=C2\CCC(=O)[C@H](c3ccc4c(c3)=CCN=4)C2)c2c(cc3c(c2OC)C[C@@H]([C@@](C)(O)CCCCO)O3)O1. The van der Waals surface area contributed by atoms with Crippen molar-refractivity contribution in [1.29, 1.82) is 0 Å². The number of rotatable bonds is 9. The van der Waals surface area contributed by atoms with Gasteiger partial charge in [0.25, 0.3) is 0 Å². The summed E-state index contributed by atoms with van der Waals surface area (Å²) in [7, 11) is 1.59. The molecule has 3 atom stereocenters. The van der Waals surface area contributed by atoms with Crippen molar-refractivity contribution >= 4 is 23.4 Å². The fourth-order valence-corrected chi connectivity index (χ4v) is 6.73. The first-order valence-electron chi connectivity index (χ1n) is 15.4. The van der Waals surface area contributed by atoms with Crippen LogP contribution in [0.2, 0.25) is 0 Å². The summed E-state index contributed by atoms with van der Waals surface area (Å²) in [5.41, 5.74) is 3.16. The molecular formula is C35H39NO8. The van der Waals surface area contributed by atoms with Crippen molar-refractivity contribution in [3.05, 3.63) is 68.9 Å². The van der Waals surface area contributed by atoms with E-state index in [0.29, 0.717) is 74.3 Å². The number of fused-ring (bicyclic) bond motifs is 3. The zero-order chi connectivity index (χ0) is 31.0. The maximum atomic E-state index is 13.3. The molecule has 6 rings (SSSR count). The Kier molecular flexibility index (Phi) is 8.35. The van der Waals surface area contributed by atoms with Crippen molar-refractivity contribution in [2.75, 3.05) is 26.9 Å². The smallest absolute Gasteiger partial charge is 0.374 e. The van der Waals surface area contributed by atoms with Gasteiger partial charge in [-0.05, 0) is 80.5 Å². The Morgan fingerprint density at radius 2 is 2.00 bits per heavy atom. The number of allylic oxidation sites excluding steroid dienone is 3. The van der Waals surface area contributed by atoms with Gasteiger partial charge < -0.3 is 29.2 Å². The fourth-order valence-electron chi connectivity index (χ4n) is 6.73. The van der Waals surface area contributed by atoms with Crippen LogP contribution in [0, 0.1) is 0 Å². The van der Waals surface area contributed by atoms with Crippen molar-refractivity contribution < 1.29 is 38.7 Å². The molecule has 0 bridgehead atoms. The number of benzene rings is 2. The Morgan fingerprint density at radius 3 is 2.77 bits per heavy atom. The highest BCUT2D eigenvalue weighted by atomic mass is 16.6. The van der Waals surface area contributed by atoms with Gasteiger partial charge in [-0.15, -0.1) is 0 Å². The number of ketones is 1. The number of hydrogen-bond donors (Lipinski definition) is 2. The number of ether oxygens (including phenoxy) is 4. The average molecular weight is 602 g/mol. The van der Waals surface area contributed by atoms with E-state index in [0.717, 1.165) is 32.8 Å². The summed E-state index contributed by atoms with van der Waals surface area (Å²) < 4.78 is 23.8. The molecule has 0 radical (unpaired) electrons. The van der Waals surface area contributed by atoms with Crippen LogP contribution < -0.4 is 24.8 Å². The Morgan fingerprint density at radius 1 is 1.16 bits per heavy atom. The Labute approximate surface area is 256 Å². The molecule has 0 amide bonds. The molecule has 9 nitrogen and oxygen atoms in total. The first kappa shape index (κ1) is 30.1. The molecule has 44 heavy (non-hydrogen) atoms. The third kappa shape index (κ3) is 5.55. The summed E-state index contributed by atoms with van der Waals surface area (Å²) in [4.78, 5) is 30.7. The molecule has 232 valence electrons. The lowest BCUT2D eigenvalue weighted by molar-refractivity contribution is -0.141. The van der Waals surface area contributed by atoms with Crippen LogP contribution >= 0.6 is 0 Å². The molecule has 2 aromatic carbocycles. The van der Waals surface area contributed by atoms with E-state index in [2.05, 4.69) is 17.1 Å². The van der Waals surface area contributed by atoms with Crippen LogP contribution in [0.25, 0.3) is 11.6 Å². The second kappa shape index (κ2) is 12.2. The van der Waals surface area contributed by atoms with E-state index >= 15 is 0 Å². The number of Topliss-reactive ketones (excluding diaryl/α,β-unsaturated/α-hetero) is 1. The average Bonchev–Trinajstić information content (AvgIpc) is 3.67. The highest BCUT2D eigenvalue weighted by Crippen LogP contribution is 2.52. The lowest BCUT2D eigenvalue weighted by Crippen LogP contribution is -2.42. The first-order chi connectivity index (χ1) is 21.2. The van der Waals surface area contributed by atoms with E-state index in [1.807, 2.05) is 12.1 Å². The standard InChI is InChI=1S/C35H39NO8/c1-4-42-34(39)30-17-24(21-8-10-27(38)23(16-21)20-7-9-26-22(15-20)11-13-36-26)32-29(43-30)19-28-25(33(32)41-3)18-31(44-28)35(2,40)12-5-6-14-37/h7,9,11,15,17,19,23,31,37,40H,4-6,8,10,12-14,16,18H2,1-3H3/b24-21-/t23-,31-,35-/m0/s1. The number of hydrogen-bond acceptors (Lipinski definition) is 9. The largest absolute Gasteiger partial charge is 0.496 e. The monoisotopic (exact) mass is 601 g/mol. The van der Waals surface area contributed by atoms with Gasteiger partial charge in [-0.25, -0.2) is 4.79 Å². The normalized spacial score (nSPS) is 23.1. The van der Waals surface area contributed by atoms with E-state index < -0.39 is 17.7 Å². The third-order valence-electron chi connectivity index (χ3n) is 9.12. The number of unbranched alkanes of at least 4 members (excludes halogenated alkanes) is 1. The zero-order valence-corrected chi connectivity index (χ0v) is 25.5. The minimum Gasteiger partial charge on any atom is -0.496 e. The number of carbonyl (C=O) groups excluding carboxylic acids is 2. The van der Waals surface area contributed by atoms with E-state index in [-0.39, 0.29) is 30.7 Å². The highest BCUT2D eigenvalue weighted by molar-refractivity contribution is 5.98. The van der Waals surface area contributed by atoms with Gasteiger partial charge in [-0.2, -0.15) is 0 Å². The zero-order valence-electron chi connectivity index (χ0n) is 25.5. The topological polar surface area (TPSA) is 124 Å². The van der Waals surface area contributed by atoms with Crippen molar-refractivity contribution in [1.82, 2.24) is 0 Å². The molecule has 0 spiro atoms. The molecule has 3 aliphatic heterocycles. The molecule has 0 saturated heterocycles. The highest BCUT2D eigenvalue weighted by Gasteiger charge is 2.42. The van der Waals surface area contributed by atoms with E-state index in [1.54, 1.807) is 33.1 Å². The predicted molar refractivity (Wildman–Crippen MR) is 163 cm³/mol. The summed E-state index contributed by atoms with van der Waals surface area (Å²) in [5.74, 6) is 0.829. The summed E-state index contributed by atoms with van der Waals surface area (Å²) in [6.45, 7) is 4.41. The number of aliphatic hydroxyl groups is 2. The lowest BCUT2D eigenvalue weighted by atomic mass is 9.77. The Bertz CT molecular complexity index is 1680. The van der Waals surface area contributed by atoms with Gasteiger partial charge in [0.15, 0.2) is 0 Å². The van der Waals surface area contributed by atoms with Gasteiger partial charge >= 0.3 is 5.97 Å². The van der Waals surface area contributed by atoms with Crippen LogP contribution in [0.5, 0.6) is 17.2 Å². The number of methoxy groups -OCH3 is 1. The number of esters is 1. The molecule has 2 aromatic rings. The summed E-state index contributed by atoms with van der Waals surface area (Å²) >= 11 is 0. The van der Waals surface area contributed by atoms with Crippen LogP contribution in [0.15, 0.2) is 46.7 Å². The number of nitrogens with zero attached hydrogens (tertiary/aromatic N) is 1. The van der Waals surface area contributed by atoms with Crippen molar-refractivity contribution in [2.24, 2.45) is 4.99 Å². The Balaban J connectivity index is 1.43. The van der Waals surface area contributed by atoms with Gasteiger partial charge in [0.2, 0.25) is 5.76 Å². The second-order valence-electron chi connectivity index (χ2n) is 12.0. The quantitative estimate of drug-likeness (QED) is 0.331. The molecule has 9 heteroatoms. The first-order valence-corrected chi connectivity index (χ1v) is 15.4. The molecular weight excluding hydrogens is 562 g/mol. The number of aliphatic hydroxyl groups excluding tert-OH is 1. The summed E-state index contributed by atoms with van der Waals surface area (Å²) in [6.07, 6.45) is 6.83. The third-order valence-corrected chi connectivity index (χ3v) is 9.12. The maximum Gasteiger partial charge on any atom is 0.374 e. The molecule has 0 unspecified atom stereocenters. The van der Waals surface area contributed by atoms with Crippen molar-refractivity contribution in [2.45, 2.75) is 76.4 Å². The predicted octanol–water partition coefficient (Wildman–Crippen LogP) is 3.46. The lowest BCUT2D eigenvalue weighted by Gasteiger charge is -2.29. The molecule has 1 saturated carbocycles. The van der Waals surface area contributed by atoms with Crippen LogP contribution in [0.3, 0.4) is 0 Å². The molecule has 2 N–H and O–H groups in total. The van der Waals surface area contributed by atoms with Crippen LogP contribution in [0.4, 0.5) is 0 Å². The van der Waals surface area contributed by atoms with Gasteiger partial charge in [0, 0.05) is 37.0 Å². The van der Waals surface area contributed by atoms with Gasteiger partial charge in [-0.1, -0.05) is 17.7 Å². The molecule has 1 fully saturated rings. The van der Waals surface area contributed by atoms with Gasteiger partial charge in [-0.3, -0.25) is 9.79 Å². The van der Waals surface area contributed by atoms with Gasteiger partial charge in [0.05, 0.1) is 36.8 Å². The molecule has 0 aromatic heterocycles. The molecule has 4 aliphatic rings. The molecule has 3 heterocycles. The molecule has 1 aliphatic carbocycles. The van der Waals surface area contributed by atoms with E-state index in [9.17, 15) is 19.8 Å². The Hall–Kier alpha value is -3.95. The maximum absolute atomic E-state index is 13.3. The minimum absolute atomic E-state index is 0.0524. The van der Waals surface area contributed by atoms with Crippen molar-refractivity contribution in [3.63, 3.8) is 0 Å². The van der Waals surface area contributed by atoms with Gasteiger partial charge in [0.1, 0.15) is 29.1 Å². The second-order valence-corrected chi connectivity index (χ2v) is 12.0. The minimum atomic E-state index is -1.13. The van der Waals surface area contributed by atoms with E-state index in [4.69, 9.17) is 18.9 Å². The summed E-state index contributed by atoms with van der Waals surface area (Å²) in [5, 5.41) is 22.5. The summed E-state index contributed by atoms with van der Waals surface area (Å²) in [6, 6.07) is 7.80. The van der Waals surface area contributed by atoms with Crippen LogP contribution in [-0.2, 0) is 20.7 Å². The van der Waals surface area contributed by atoms with Crippen LogP contribution in [0.1, 0.15) is 75.0 Å². The van der Waals surface area contributed by atoms with E-state index in [1.165, 1.54) is 0 Å².